The Morgan fingerprint density at radius 3 is 2.47 bits per heavy atom. The van der Waals surface area contributed by atoms with Gasteiger partial charge in [0, 0.05) is 34.0 Å². The summed E-state index contributed by atoms with van der Waals surface area (Å²) in [6.07, 6.45) is 2.44. The number of rotatable bonds is 5. The number of carbonyl (C=O) groups is 1. The molecule has 1 aliphatic carbocycles. The topological polar surface area (TPSA) is 55.5 Å². The zero-order valence-electron chi connectivity index (χ0n) is 17.0. The van der Waals surface area contributed by atoms with E-state index in [0.717, 1.165) is 29.8 Å². The fourth-order valence-electron chi connectivity index (χ4n) is 4.33. The van der Waals surface area contributed by atoms with Crippen LogP contribution in [0.4, 0.5) is 0 Å². The zero-order valence-corrected chi connectivity index (χ0v) is 17.0. The number of hydrogen-bond acceptors (Lipinski definition) is 4. The lowest BCUT2D eigenvalue weighted by atomic mass is 9.99. The van der Waals surface area contributed by atoms with Crippen LogP contribution in [0.25, 0.3) is 33.4 Å². The summed E-state index contributed by atoms with van der Waals surface area (Å²) < 4.78 is 7.32. The largest absolute Gasteiger partial charge is 0.464 e. The molecule has 5 heteroatoms. The average molecular weight is 398 g/mol. The Balaban J connectivity index is 1.79. The van der Waals surface area contributed by atoms with E-state index < -0.39 is 0 Å². The molecular weight excluding hydrogens is 376 g/mol. The van der Waals surface area contributed by atoms with E-state index in [1.165, 1.54) is 0 Å². The molecule has 30 heavy (non-hydrogen) atoms. The molecule has 0 aliphatic heterocycles. The van der Waals surface area contributed by atoms with Gasteiger partial charge in [-0.3, -0.25) is 9.59 Å². The SMILES string of the molecule is CN(C)CCCn1c2c(c3cc(-c4ccco4)ccc3c1=O)C(=O)c1ccccc1-2. The number of nitrogens with zero attached hydrogens (tertiary/aromatic N) is 2. The molecule has 1 aliphatic rings. The van der Waals surface area contributed by atoms with Gasteiger partial charge in [-0.15, -0.1) is 0 Å². The molecule has 0 amide bonds. The molecule has 0 spiro atoms. The summed E-state index contributed by atoms with van der Waals surface area (Å²) in [6.45, 7) is 1.43. The Labute approximate surface area is 174 Å². The predicted molar refractivity (Wildman–Crippen MR) is 118 cm³/mol. The van der Waals surface area contributed by atoms with E-state index in [2.05, 4.69) is 4.90 Å². The van der Waals surface area contributed by atoms with Crippen molar-refractivity contribution in [3.8, 4) is 22.6 Å². The summed E-state index contributed by atoms with van der Waals surface area (Å²) in [5, 5.41) is 1.25. The highest BCUT2D eigenvalue weighted by molar-refractivity contribution is 6.26. The van der Waals surface area contributed by atoms with Crippen LogP contribution in [0.5, 0.6) is 0 Å². The van der Waals surface area contributed by atoms with E-state index in [0.29, 0.717) is 34.2 Å². The second-order valence-corrected chi connectivity index (χ2v) is 7.95. The molecule has 0 N–H and O–H groups in total. The van der Waals surface area contributed by atoms with Gasteiger partial charge in [0.2, 0.25) is 0 Å². The first kappa shape index (κ1) is 18.6. The fraction of sp³-hybridized carbons (Fsp3) is 0.200. The first-order valence-corrected chi connectivity index (χ1v) is 10.1. The lowest BCUT2D eigenvalue weighted by Crippen LogP contribution is -2.25. The van der Waals surface area contributed by atoms with Crippen LogP contribution in [0.3, 0.4) is 0 Å². The number of fused-ring (bicyclic) bond motifs is 5. The van der Waals surface area contributed by atoms with Crippen molar-refractivity contribution >= 4 is 16.6 Å². The molecular formula is C25H22N2O3. The Morgan fingerprint density at radius 1 is 0.933 bits per heavy atom. The van der Waals surface area contributed by atoms with E-state index in [9.17, 15) is 9.59 Å². The van der Waals surface area contributed by atoms with E-state index in [-0.39, 0.29) is 11.3 Å². The van der Waals surface area contributed by atoms with Crippen molar-refractivity contribution in [3.63, 3.8) is 0 Å². The highest BCUT2D eigenvalue weighted by atomic mass is 16.3. The van der Waals surface area contributed by atoms with Crippen molar-refractivity contribution in [2.45, 2.75) is 13.0 Å². The van der Waals surface area contributed by atoms with Crippen molar-refractivity contribution in [1.82, 2.24) is 9.47 Å². The van der Waals surface area contributed by atoms with Crippen LogP contribution in [0, 0.1) is 0 Å². The maximum Gasteiger partial charge on any atom is 0.258 e. The van der Waals surface area contributed by atoms with Crippen molar-refractivity contribution in [1.29, 1.82) is 0 Å². The normalized spacial score (nSPS) is 12.6. The molecule has 0 atom stereocenters. The third-order valence-electron chi connectivity index (χ3n) is 5.72. The molecule has 4 aromatic rings. The first-order chi connectivity index (χ1) is 14.6. The van der Waals surface area contributed by atoms with Crippen LogP contribution in [-0.2, 0) is 6.54 Å². The van der Waals surface area contributed by atoms with Gasteiger partial charge < -0.3 is 13.9 Å². The summed E-state index contributed by atoms with van der Waals surface area (Å²) in [4.78, 5) is 29.0. The fourth-order valence-corrected chi connectivity index (χ4v) is 4.33. The Bertz CT molecular complexity index is 1330. The van der Waals surface area contributed by atoms with Gasteiger partial charge in [0.15, 0.2) is 5.78 Å². The smallest absolute Gasteiger partial charge is 0.258 e. The molecule has 0 radical (unpaired) electrons. The minimum Gasteiger partial charge on any atom is -0.464 e. The average Bonchev–Trinajstić information content (AvgIpc) is 3.38. The van der Waals surface area contributed by atoms with Gasteiger partial charge in [-0.05, 0) is 51.3 Å². The number of pyridine rings is 1. The Kier molecular flexibility index (Phi) is 4.40. The second-order valence-electron chi connectivity index (χ2n) is 7.95. The van der Waals surface area contributed by atoms with E-state index >= 15 is 0 Å². The van der Waals surface area contributed by atoms with E-state index in [1.807, 2.05) is 68.7 Å². The molecule has 5 rings (SSSR count). The van der Waals surface area contributed by atoms with E-state index in [4.69, 9.17) is 4.42 Å². The maximum absolute atomic E-state index is 13.5. The van der Waals surface area contributed by atoms with E-state index in [1.54, 1.807) is 10.8 Å². The van der Waals surface area contributed by atoms with Gasteiger partial charge in [0.05, 0.1) is 17.5 Å². The van der Waals surface area contributed by atoms with Crippen LogP contribution < -0.4 is 5.56 Å². The number of furan rings is 1. The van der Waals surface area contributed by atoms with Gasteiger partial charge in [0.25, 0.3) is 5.56 Å². The molecule has 0 saturated carbocycles. The predicted octanol–water partition coefficient (Wildman–Crippen LogP) is 4.42. The molecule has 2 heterocycles. The molecule has 2 aromatic carbocycles. The molecule has 0 unspecified atom stereocenters. The first-order valence-electron chi connectivity index (χ1n) is 10.1. The van der Waals surface area contributed by atoms with Crippen molar-refractivity contribution in [3.05, 3.63) is 82.3 Å². The Morgan fingerprint density at radius 2 is 1.73 bits per heavy atom. The lowest BCUT2D eigenvalue weighted by Gasteiger charge is -2.17. The minimum atomic E-state index is -0.0574. The molecule has 0 saturated heterocycles. The summed E-state index contributed by atoms with van der Waals surface area (Å²) in [5.74, 6) is 0.687. The van der Waals surface area contributed by atoms with Gasteiger partial charge in [0.1, 0.15) is 5.76 Å². The van der Waals surface area contributed by atoms with Crippen LogP contribution in [0.1, 0.15) is 22.3 Å². The number of benzene rings is 2. The number of aromatic nitrogens is 1. The van der Waals surface area contributed by atoms with Crippen LogP contribution in [0.2, 0.25) is 0 Å². The zero-order chi connectivity index (χ0) is 20.8. The molecule has 2 aromatic heterocycles. The summed E-state index contributed by atoms with van der Waals surface area (Å²) in [7, 11) is 4.03. The van der Waals surface area contributed by atoms with Crippen molar-refractivity contribution in [2.75, 3.05) is 20.6 Å². The monoisotopic (exact) mass is 398 g/mol. The maximum atomic E-state index is 13.5. The second kappa shape index (κ2) is 7.11. The Hall–Kier alpha value is -3.44. The standard InChI is InChI=1S/C25H22N2O3/c1-26(2)12-6-13-27-23-17-7-3-4-8-18(17)24(28)22(23)20-15-16(21-9-5-14-30-21)10-11-19(20)25(27)29/h3-5,7-11,14-15H,6,12-13H2,1-2H3. The molecule has 0 fully saturated rings. The van der Waals surface area contributed by atoms with Crippen molar-refractivity contribution < 1.29 is 9.21 Å². The highest BCUT2D eigenvalue weighted by Crippen LogP contribution is 2.40. The molecule has 0 bridgehead atoms. The quantitative estimate of drug-likeness (QED) is 0.440. The molecule has 150 valence electrons. The summed E-state index contributed by atoms with van der Waals surface area (Å²) in [6, 6.07) is 16.9. The lowest BCUT2D eigenvalue weighted by molar-refractivity contribution is 0.104. The number of hydrogen-bond donors (Lipinski definition) is 0. The van der Waals surface area contributed by atoms with Crippen LogP contribution in [0.15, 0.2) is 70.1 Å². The van der Waals surface area contributed by atoms with Crippen LogP contribution in [-0.4, -0.2) is 35.9 Å². The van der Waals surface area contributed by atoms with Crippen LogP contribution >= 0.6 is 0 Å². The highest BCUT2D eigenvalue weighted by Gasteiger charge is 2.32. The van der Waals surface area contributed by atoms with Gasteiger partial charge in [-0.25, -0.2) is 0 Å². The van der Waals surface area contributed by atoms with Crippen molar-refractivity contribution in [2.24, 2.45) is 0 Å². The summed E-state index contributed by atoms with van der Waals surface area (Å²) in [5.41, 5.74) is 3.64. The molecule has 5 nitrogen and oxygen atoms in total. The number of carbonyl (C=O) groups excluding carboxylic acids is 1. The number of ketones is 1. The van der Waals surface area contributed by atoms with Gasteiger partial charge in [-0.2, -0.15) is 0 Å². The van der Waals surface area contributed by atoms with Gasteiger partial charge >= 0.3 is 0 Å². The van der Waals surface area contributed by atoms with Gasteiger partial charge in [-0.1, -0.05) is 30.3 Å². The third kappa shape index (κ3) is 2.82. The summed E-state index contributed by atoms with van der Waals surface area (Å²) >= 11 is 0. The minimum absolute atomic E-state index is 0.0245. The third-order valence-corrected chi connectivity index (χ3v) is 5.72.